The number of hydrogen-bond acceptors (Lipinski definition) is 4. The van der Waals surface area contributed by atoms with Gasteiger partial charge in [-0.2, -0.15) is 12.7 Å². The summed E-state index contributed by atoms with van der Waals surface area (Å²) in [4.78, 5) is 27.5. The standard InChI is InChI=1S/C23H29Cl2FN4O4S/c1-15(2)27-23(32)16(3)29(13-17-10-11-18(24)12-19(17)25)22(31)14-30(35(33,34)28(4)5)21-9-7-6-8-20(21)26/h6-12,15-16H,13-14H2,1-5H3,(H,27,32)/t16-/m0/s1. The molecule has 8 nitrogen and oxygen atoms in total. The van der Waals surface area contributed by atoms with Gasteiger partial charge in [-0.25, -0.2) is 8.70 Å². The molecule has 12 heteroatoms. The predicted octanol–water partition coefficient (Wildman–Crippen LogP) is 3.69. The maximum absolute atomic E-state index is 14.6. The van der Waals surface area contributed by atoms with Gasteiger partial charge < -0.3 is 10.2 Å². The van der Waals surface area contributed by atoms with Crippen LogP contribution in [0.25, 0.3) is 0 Å². The Labute approximate surface area is 215 Å². The van der Waals surface area contributed by atoms with E-state index in [1.807, 2.05) is 0 Å². The average Bonchev–Trinajstić information content (AvgIpc) is 2.76. The first-order valence-electron chi connectivity index (χ1n) is 10.7. The molecule has 0 bridgehead atoms. The second-order valence-electron chi connectivity index (χ2n) is 8.34. The third kappa shape index (κ3) is 7.30. The zero-order chi connectivity index (χ0) is 26.5. The van der Waals surface area contributed by atoms with Crippen LogP contribution in [0.3, 0.4) is 0 Å². The Bertz CT molecular complexity index is 1180. The molecule has 2 aromatic carbocycles. The highest BCUT2D eigenvalue weighted by molar-refractivity contribution is 7.90. The molecule has 35 heavy (non-hydrogen) atoms. The van der Waals surface area contributed by atoms with Crippen molar-refractivity contribution in [2.24, 2.45) is 0 Å². The molecule has 1 atom stereocenters. The quantitative estimate of drug-likeness (QED) is 0.492. The lowest BCUT2D eigenvalue weighted by molar-refractivity contribution is -0.139. The normalized spacial score (nSPS) is 12.5. The minimum atomic E-state index is -4.26. The molecule has 2 rings (SSSR count). The fraction of sp³-hybridized carbons (Fsp3) is 0.391. The van der Waals surface area contributed by atoms with Crippen molar-refractivity contribution in [2.75, 3.05) is 24.9 Å². The SMILES string of the molecule is CC(C)NC(=O)[C@H](C)N(Cc1ccc(Cl)cc1Cl)C(=O)CN(c1ccccc1F)S(=O)(=O)N(C)C. The van der Waals surface area contributed by atoms with Gasteiger partial charge in [-0.3, -0.25) is 9.59 Å². The number of benzene rings is 2. The fourth-order valence-corrected chi connectivity index (χ4v) is 4.71. The fourth-order valence-electron chi connectivity index (χ4n) is 3.18. The van der Waals surface area contributed by atoms with E-state index in [0.717, 1.165) is 10.4 Å². The number of nitrogens with zero attached hydrogens (tertiary/aromatic N) is 3. The van der Waals surface area contributed by atoms with Crippen molar-refractivity contribution in [2.45, 2.75) is 39.4 Å². The first-order valence-corrected chi connectivity index (χ1v) is 12.9. The van der Waals surface area contributed by atoms with Crippen LogP contribution in [0.1, 0.15) is 26.3 Å². The molecule has 0 saturated carbocycles. The zero-order valence-electron chi connectivity index (χ0n) is 20.1. The summed E-state index contributed by atoms with van der Waals surface area (Å²) in [5, 5.41) is 3.41. The molecule has 2 amide bonds. The lowest BCUT2D eigenvalue weighted by Gasteiger charge is -2.33. The van der Waals surface area contributed by atoms with Crippen LogP contribution in [0.2, 0.25) is 10.0 Å². The van der Waals surface area contributed by atoms with Crippen molar-refractivity contribution in [1.82, 2.24) is 14.5 Å². The van der Waals surface area contributed by atoms with Gasteiger partial charge in [0, 0.05) is 36.7 Å². The second kappa shape index (κ2) is 12.0. The van der Waals surface area contributed by atoms with Crippen molar-refractivity contribution in [3.05, 3.63) is 63.9 Å². The number of halogens is 3. The predicted molar refractivity (Wildman–Crippen MR) is 136 cm³/mol. The highest BCUT2D eigenvalue weighted by Gasteiger charge is 2.34. The van der Waals surface area contributed by atoms with Gasteiger partial charge in [-0.05, 0) is 50.6 Å². The molecule has 0 fully saturated rings. The van der Waals surface area contributed by atoms with E-state index in [4.69, 9.17) is 23.2 Å². The molecule has 192 valence electrons. The lowest BCUT2D eigenvalue weighted by Crippen LogP contribution is -2.53. The molecular formula is C23H29Cl2FN4O4S. The Morgan fingerprint density at radius 3 is 2.23 bits per heavy atom. The number of hydrogen-bond donors (Lipinski definition) is 1. The summed E-state index contributed by atoms with van der Waals surface area (Å²) in [6.45, 7) is 4.22. The molecule has 0 heterocycles. The number of carbonyl (C=O) groups is 2. The molecule has 0 aliphatic heterocycles. The summed E-state index contributed by atoms with van der Waals surface area (Å²) < 4.78 is 42.2. The minimum Gasteiger partial charge on any atom is -0.352 e. The number of carbonyl (C=O) groups excluding carboxylic acids is 2. The Balaban J connectivity index is 2.51. The molecule has 0 saturated heterocycles. The number of anilines is 1. The van der Waals surface area contributed by atoms with Crippen LogP contribution < -0.4 is 9.62 Å². The highest BCUT2D eigenvalue weighted by atomic mass is 35.5. The summed E-state index contributed by atoms with van der Waals surface area (Å²) in [6, 6.07) is 8.77. The van der Waals surface area contributed by atoms with Crippen LogP contribution in [0.4, 0.5) is 10.1 Å². The van der Waals surface area contributed by atoms with Gasteiger partial charge in [-0.1, -0.05) is 41.4 Å². The molecule has 1 N–H and O–H groups in total. The van der Waals surface area contributed by atoms with Crippen molar-refractivity contribution in [1.29, 1.82) is 0 Å². The third-order valence-corrected chi connectivity index (χ3v) is 7.49. The van der Waals surface area contributed by atoms with E-state index in [9.17, 15) is 22.4 Å². The van der Waals surface area contributed by atoms with E-state index < -0.39 is 40.4 Å². The highest BCUT2D eigenvalue weighted by Crippen LogP contribution is 2.26. The van der Waals surface area contributed by atoms with Gasteiger partial charge in [0.2, 0.25) is 11.8 Å². The Hall–Kier alpha value is -2.40. The van der Waals surface area contributed by atoms with E-state index in [2.05, 4.69) is 5.32 Å². The van der Waals surface area contributed by atoms with Crippen LogP contribution in [0.15, 0.2) is 42.5 Å². The summed E-state index contributed by atoms with van der Waals surface area (Å²) in [6.07, 6.45) is 0. The van der Waals surface area contributed by atoms with Crippen molar-refractivity contribution in [3.8, 4) is 0 Å². The summed E-state index contributed by atoms with van der Waals surface area (Å²) in [5.74, 6) is -1.98. The maximum Gasteiger partial charge on any atom is 0.304 e. The monoisotopic (exact) mass is 546 g/mol. The minimum absolute atomic E-state index is 0.103. The van der Waals surface area contributed by atoms with Crippen molar-refractivity contribution >= 4 is 50.9 Å². The van der Waals surface area contributed by atoms with Gasteiger partial charge in [0.15, 0.2) is 0 Å². The maximum atomic E-state index is 14.6. The molecular weight excluding hydrogens is 518 g/mol. The van der Waals surface area contributed by atoms with Crippen molar-refractivity contribution in [3.63, 3.8) is 0 Å². The number of nitrogens with one attached hydrogen (secondary N) is 1. The Kier molecular flexibility index (Phi) is 9.91. The zero-order valence-corrected chi connectivity index (χ0v) is 22.5. The van der Waals surface area contributed by atoms with Crippen LogP contribution in [0.5, 0.6) is 0 Å². The summed E-state index contributed by atoms with van der Waals surface area (Å²) in [5.41, 5.74) is 0.208. The van der Waals surface area contributed by atoms with Gasteiger partial charge in [0.1, 0.15) is 18.4 Å². The summed E-state index contributed by atoms with van der Waals surface area (Å²) >= 11 is 12.3. The molecule has 0 aliphatic rings. The number of para-hydroxylation sites is 1. The smallest absolute Gasteiger partial charge is 0.304 e. The van der Waals surface area contributed by atoms with E-state index in [1.54, 1.807) is 26.0 Å². The van der Waals surface area contributed by atoms with E-state index >= 15 is 0 Å². The van der Waals surface area contributed by atoms with Gasteiger partial charge in [0.25, 0.3) is 0 Å². The molecule has 0 aromatic heterocycles. The number of amides is 2. The molecule has 0 unspecified atom stereocenters. The lowest BCUT2D eigenvalue weighted by atomic mass is 10.1. The molecule has 0 aliphatic carbocycles. The van der Waals surface area contributed by atoms with Crippen LogP contribution in [0, 0.1) is 5.82 Å². The van der Waals surface area contributed by atoms with Crippen LogP contribution in [-0.2, 0) is 26.3 Å². The van der Waals surface area contributed by atoms with Crippen LogP contribution >= 0.6 is 23.2 Å². The first-order chi connectivity index (χ1) is 16.2. The van der Waals surface area contributed by atoms with Gasteiger partial charge in [-0.15, -0.1) is 0 Å². The number of rotatable bonds is 10. The topological polar surface area (TPSA) is 90.0 Å². The molecule has 2 aromatic rings. The third-order valence-electron chi connectivity index (χ3n) is 5.09. The van der Waals surface area contributed by atoms with Gasteiger partial charge >= 0.3 is 10.2 Å². The Morgan fingerprint density at radius 2 is 1.69 bits per heavy atom. The van der Waals surface area contributed by atoms with E-state index in [-0.39, 0.29) is 23.3 Å². The van der Waals surface area contributed by atoms with E-state index in [1.165, 1.54) is 50.2 Å². The molecule has 0 spiro atoms. The summed E-state index contributed by atoms with van der Waals surface area (Å²) in [7, 11) is -1.71. The second-order valence-corrected chi connectivity index (χ2v) is 11.3. The van der Waals surface area contributed by atoms with E-state index in [0.29, 0.717) is 14.9 Å². The van der Waals surface area contributed by atoms with Gasteiger partial charge in [0.05, 0.1) is 5.69 Å². The van der Waals surface area contributed by atoms with Crippen LogP contribution in [-0.4, -0.2) is 62.2 Å². The Morgan fingerprint density at radius 1 is 1.06 bits per heavy atom. The average molecular weight is 547 g/mol. The largest absolute Gasteiger partial charge is 0.352 e. The van der Waals surface area contributed by atoms with Crippen molar-refractivity contribution < 1.29 is 22.4 Å². The molecule has 0 radical (unpaired) electrons. The first kappa shape index (κ1) is 28.8.